The molecule has 7 rings (SSSR count). The van der Waals surface area contributed by atoms with Crippen molar-refractivity contribution in [3.05, 3.63) is 101 Å². The molecule has 0 radical (unpaired) electrons. The predicted molar refractivity (Wildman–Crippen MR) is 163 cm³/mol. The summed E-state index contributed by atoms with van der Waals surface area (Å²) < 4.78 is 57.8. The van der Waals surface area contributed by atoms with Gasteiger partial charge in [0.05, 0.1) is 24.1 Å². The van der Waals surface area contributed by atoms with Crippen molar-refractivity contribution in [2.75, 3.05) is 4.90 Å². The number of phenolic OH excluding ortho intramolecular Hbond substituents is 1. The molecule has 48 heavy (non-hydrogen) atoms. The maximum absolute atomic E-state index is 14.4. The minimum Gasteiger partial charge on any atom is -0.508 e. The standard InChI is InChI=1S/C34H24Cl2F4N2O6/c35-32-15-24-21(11-12-22-26(24)29(45)41(28(22)44)16-17-4-2-1-3-5-17)27(23-14-20(10-13-25(23)43)48-34(38,39)40)33(32,36)31(47)42(30(32)46)19-8-6-18(37)7-9-19/h1-11,13-14,22,24,26-27,43H,12,15-16H2. The number of imide groups is 2. The van der Waals surface area contributed by atoms with Crippen molar-refractivity contribution in [2.24, 2.45) is 17.8 Å². The van der Waals surface area contributed by atoms with Crippen LogP contribution in [0.25, 0.3) is 0 Å². The Morgan fingerprint density at radius 2 is 1.58 bits per heavy atom. The van der Waals surface area contributed by atoms with Crippen molar-refractivity contribution in [1.29, 1.82) is 0 Å². The molecule has 4 aliphatic rings. The molecule has 2 heterocycles. The molecule has 0 aromatic heterocycles. The Labute approximate surface area is 280 Å². The average Bonchev–Trinajstić information content (AvgIpc) is 3.36. The van der Waals surface area contributed by atoms with Crippen molar-refractivity contribution in [3.63, 3.8) is 0 Å². The number of phenols is 1. The number of rotatable bonds is 5. The summed E-state index contributed by atoms with van der Waals surface area (Å²) in [5.74, 6) is -9.54. The van der Waals surface area contributed by atoms with E-state index in [0.29, 0.717) is 10.5 Å². The van der Waals surface area contributed by atoms with Crippen LogP contribution in [0, 0.1) is 23.6 Å². The molecular weight excluding hydrogens is 679 g/mol. The van der Waals surface area contributed by atoms with Gasteiger partial charge >= 0.3 is 6.36 Å². The van der Waals surface area contributed by atoms with E-state index in [1.807, 2.05) is 0 Å². The highest BCUT2D eigenvalue weighted by molar-refractivity contribution is 6.58. The summed E-state index contributed by atoms with van der Waals surface area (Å²) in [5.41, 5.74) is 0.561. The molecule has 8 nitrogen and oxygen atoms in total. The third kappa shape index (κ3) is 4.71. The first-order chi connectivity index (χ1) is 22.7. The minimum absolute atomic E-state index is 0.00837. The van der Waals surface area contributed by atoms with Crippen molar-refractivity contribution >= 4 is 52.5 Å². The number of amides is 4. The second-order valence-electron chi connectivity index (χ2n) is 12.3. The van der Waals surface area contributed by atoms with Gasteiger partial charge in [-0.15, -0.1) is 36.4 Å². The van der Waals surface area contributed by atoms with E-state index in [4.69, 9.17) is 23.2 Å². The monoisotopic (exact) mass is 702 g/mol. The summed E-state index contributed by atoms with van der Waals surface area (Å²) in [7, 11) is 0. The largest absolute Gasteiger partial charge is 0.573 e. The van der Waals surface area contributed by atoms with Gasteiger partial charge in [0.2, 0.25) is 11.8 Å². The molecule has 3 fully saturated rings. The number of likely N-dealkylation sites (tertiary alicyclic amines) is 1. The number of halogens is 6. The van der Waals surface area contributed by atoms with Crippen LogP contribution in [0.2, 0.25) is 0 Å². The molecule has 2 aliphatic carbocycles. The summed E-state index contributed by atoms with van der Waals surface area (Å²) in [4.78, 5) is 53.4. The van der Waals surface area contributed by atoms with Gasteiger partial charge in [0.25, 0.3) is 11.8 Å². The molecule has 0 spiro atoms. The van der Waals surface area contributed by atoms with Crippen LogP contribution in [0.15, 0.2) is 84.4 Å². The molecule has 1 saturated carbocycles. The molecule has 0 bridgehead atoms. The smallest absolute Gasteiger partial charge is 0.508 e. The highest BCUT2D eigenvalue weighted by Gasteiger charge is 2.77. The zero-order valence-electron chi connectivity index (χ0n) is 24.6. The third-order valence-corrected chi connectivity index (χ3v) is 11.1. The van der Waals surface area contributed by atoms with Gasteiger partial charge in [-0.05, 0) is 66.8 Å². The fourth-order valence-corrected chi connectivity index (χ4v) is 8.62. The van der Waals surface area contributed by atoms with Gasteiger partial charge in [-0.25, -0.2) is 9.29 Å². The lowest BCUT2D eigenvalue weighted by Gasteiger charge is -2.50. The Morgan fingerprint density at radius 3 is 2.25 bits per heavy atom. The number of alkyl halides is 5. The summed E-state index contributed by atoms with van der Waals surface area (Å²) in [6, 6.07) is 15.8. The summed E-state index contributed by atoms with van der Waals surface area (Å²) in [5, 5.41) is 11.1. The molecule has 2 aliphatic heterocycles. The summed E-state index contributed by atoms with van der Waals surface area (Å²) in [6.45, 7) is -0.0180. The number of nitrogens with zero attached hydrogens (tertiary/aromatic N) is 2. The number of hydrogen-bond acceptors (Lipinski definition) is 6. The highest BCUT2D eigenvalue weighted by atomic mass is 35.5. The van der Waals surface area contributed by atoms with E-state index in [2.05, 4.69) is 4.74 Å². The zero-order valence-corrected chi connectivity index (χ0v) is 26.1. The van der Waals surface area contributed by atoms with E-state index in [1.165, 1.54) is 0 Å². The second kappa shape index (κ2) is 11.1. The van der Waals surface area contributed by atoms with Crippen molar-refractivity contribution in [2.45, 2.75) is 41.4 Å². The van der Waals surface area contributed by atoms with Crippen LogP contribution in [-0.4, -0.2) is 49.7 Å². The van der Waals surface area contributed by atoms with Crippen molar-refractivity contribution in [3.8, 4) is 11.5 Å². The molecule has 14 heteroatoms. The van der Waals surface area contributed by atoms with E-state index < -0.39 is 87.1 Å². The first kappa shape index (κ1) is 32.1. The molecule has 3 aromatic carbocycles. The number of allylic oxidation sites excluding steroid dienone is 2. The Kier molecular flexibility index (Phi) is 7.41. The van der Waals surface area contributed by atoms with Crippen molar-refractivity contribution < 1.29 is 46.6 Å². The number of anilines is 1. The number of hydrogen-bond donors (Lipinski definition) is 1. The molecule has 2 saturated heterocycles. The first-order valence-electron chi connectivity index (χ1n) is 14.9. The fraction of sp³-hybridized carbons (Fsp3) is 0.294. The SMILES string of the molecule is O=C1C2CC=C3C(CC4(Cl)C(=O)N(c5ccc(F)cc5)C(=O)C4(Cl)C3c3cc(OC(F)(F)F)ccc3O)C2C(=O)N1Cc1ccccc1. The van der Waals surface area contributed by atoms with Crippen LogP contribution in [0.1, 0.15) is 29.9 Å². The maximum Gasteiger partial charge on any atom is 0.573 e. The third-order valence-electron chi connectivity index (χ3n) is 9.71. The van der Waals surface area contributed by atoms with Gasteiger partial charge in [-0.1, -0.05) is 42.0 Å². The van der Waals surface area contributed by atoms with Gasteiger partial charge in [-0.2, -0.15) is 0 Å². The van der Waals surface area contributed by atoms with Crippen LogP contribution in [0.3, 0.4) is 0 Å². The number of fused-ring (bicyclic) bond motifs is 4. The molecular formula is C34H24Cl2F4N2O6. The summed E-state index contributed by atoms with van der Waals surface area (Å²) in [6.07, 6.45) is -3.92. The zero-order chi connectivity index (χ0) is 34.3. The van der Waals surface area contributed by atoms with E-state index in [0.717, 1.165) is 47.4 Å². The van der Waals surface area contributed by atoms with E-state index in [1.54, 1.807) is 36.4 Å². The fourth-order valence-electron chi connectivity index (χ4n) is 7.69. The van der Waals surface area contributed by atoms with Crippen molar-refractivity contribution in [1.82, 2.24) is 4.90 Å². The van der Waals surface area contributed by atoms with Gasteiger partial charge in [-0.3, -0.25) is 24.1 Å². The average molecular weight is 703 g/mol. The lowest BCUT2D eigenvalue weighted by atomic mass is 9.56. The predicted octanol–water partition coefficient (Wildman–Crippen LogP) is 6.19. The van der Waals surface area contributed by atoms with Gasteiger partial charge in [0.15, 0.2) is 9.75 Å². The minimum atomic E-state index is -5.12. The van der Waals surface area contributed by atoms with Gasteiger partial charge < -0.3 is 9.84 Å². The quantitative estimate of drug-likeness (QED) is 0.147. The lowest BCUT2D eigenvalue weighted by Crippen LogP contribution is -2.60. The normalized spacial score (nSPS) is 29.8. The van der Waals surface area contributed by atoms with E-state index >= 15 is 0 Å². The van der Waals surface area contributed by atoms with Crippen LogP contribution in [0.5, 0.6) is 11.5 Å². The number of ether oxygens (including phenoxy) is 1. The molecule has 1 N–H and O–H groups in total. The topological polar surface area (TPSA) is 104 Å². The second-order valence-corrected chi connectivity index (χ2v) is 13.5. The molecule has 6 unspecified atom stereocenters. The number of aromatic hydroxyl groups is 1. The Bertz CT molecular complexity index is 1910. The first-order valence-corrected chi connectivity index (χ1v) is 15.6. The molecule has 248 valence electrons. The maximum atomic E-state index is 14.4. The number of benzene rings is 3. The Morgan fingerprint density at radius 1 is 0.896 bits per heavy atom. The van der Waals surface area contributed by atoms with Crippen LogP contribution in [-0.2, 0) is 25.7 Å². The van der Waals surface area contributed by atoms with Crippen LogP contribution < -0.4 is 9.64 Å². The van der Waals surface area contributed by atoms with Crippen LogP contribution in [0.4, 0.5) is 23.2 Å². The number of carbonyl (C=O) groups is 4. The highest BCUT2D eigenvalue weighted by Crippen LogP contribution is 2.66. The Balaban J connectivity index is 1.39. The van der Waals surface area contributed by atoms with Crippen LogP contribution >= 0.6 is 23.2 Å². The number of carbonyl (C=O) groups excluding carboxylic acids is 4. The van der Waals surface area contributed by atoms with Gasteiger partial charge in [0, 0.05) is 11.5 Å². The summed E-state index contributed by atoms with van der Waals surface area (Å²) >= 11 is 14.5. The molecule has 4 amide bonds. The van der Waals surface area contributed by atoms with E-state index in [-0.39, 0.29) is 29.8 Å². The molecule has 3 aromatic rings. The van der Waals surface area contributed by atoms with E-state index in [9.17, 15) is 41.8 Å². The lowest BCUT2D eigenvalue weighted by molar-refractivity contribution is -0.274. The Hall–Kier alpha value is -4.42. The molecule has 6 atom stereocenters. The van der Waals surface area contributed by atoms with Gasteiger partial charge in [0.1, 0.15) is 17.3 Å².